The maximum Gasteiger partial charge on any atom is 0.173 e. The predicted octanol–water partition coefficient (Wildman–Crippen LogP) is 3.49. The predicted molar refractivity (Wildman–Crippen MR) is 54.6 cm³/mol. The molecule has 12 heavy (non-hydrogen) atoms. The molecule has 2 unspecified atom stereocenters. The van der Waals surface area contributed by atoms with E-state index in [4.69, 9.17) is 16.3 Å². The molecule has 3 heteroatoms. The normalized spacial score (nSPS) is 15.7. The highest BCUT2D eigenvalue weighted by atomic mass is 35.5. The van der Waals surface area contributed by atoms with Gasteiger partial charge in [0.05, 0.1) is 7.11 Å². The molecule has 0 aromatic carbocycles. The van der Waals surface area contributed by atoms with Gasteiger partial charge in [-0.05, 0) is 19.1 Å². The second-order valence-corrected chi connectivity index (χ2v) is 4.59. The lowest BCUT2D eigenvalue weighted by atomic mass is 10.1. The number of halogens is 1. The number of methoxy groups -OCH3 is 1. The minimum absolute atomic E-state index is 0.174. The third kappa shape index (κ3) is 2.14. The van der Waals surface area contributed by atoms with Crippen molar-refractivity contribution in [3.8, 4) is 5.06 Å². The molecular formula is C9H13ClOS. The van der Waals surface area contributed by atoms with E-state index in [1.54, 1.807) is 18.4 Å². The SMILES string of the molecule is COc1ccc(C(C)C(C)Cl)s1. The zero-order valence-corrected chi connectivity index (χ0v) is 9.08. The van der Waals surface area contributed by atoms with Crippen molar-refractivity contribution >= 4 is 22.9 Å². The molecule has 0 saturated heterocycles. The van der Waals surface area contributed by atoms with E-state index in [2.05, 4.69) is 13.0 Å². The summed E-state index contributed by atoms with van der Waals surface area (Å²) in [5, 5.41) is 1.13. The van der Waals surface area contributed by atoms with E-state index in [9.17, 15) is 0 Å². The van der Waals surface area contributed by atoms with Crippen LogP contribution in [0.3, 0.4) is 0 Å². The summed E-state index contributed by atoms with van der Waals surface area (Å²) in [5.41, 5.74) is 0. The maximum absolute atomic E-state index is 5.98. The highest BCUT2D eigenvalue weighted by Crippen LogP contribution is 2.32. The van der Waals surface area contributed by atoms with Gasteiger partial charge in [0.2, 0.25) is 0 Å². The van der Waals surface area contributed by atoms with Crippen LogP contribution in [0.4, 0.5) is 0 Å². The van der Waals surface area contributed by atoms with Gasteiger partial charge in [0.25, 0.3) is 0 Å². The highest BCUT2D eigenvalue weighted by Gasteiger charge is 2.13. The molecule has 0 amide bonds. The van der Waals surface area contributed by atoms with E-state index in [0.717, 1.165) is 5.06 Å². The molecule has 1 nitrogen and oxygen atoms in total. The van der Waals surface area contributed by atoms with Crippen LogP contribution in [0.15, 0.2) is 12.1 Å². The van der Waals surface area contributed by atoms with Crippen molar-refractivity contribution in [1.82, 2.24) is 0 Å². The molecule has 1 heterocycles. The van der Waals surface area contributed by atoms with Gasteiger partial charge in [0, 0.05) is 16.2 Å². The largest absolute Gasteiger partial charge is 0.487 e. The molecule has 68 valence electrons. The third-order valence-electron chi connectivity index (χ3n) is 1.94. The Morgan fingerprint density at radius 1 is 1.42 bits per heavy atom. The standard InChI is InChI=1S/C9H13ClOS/c1-6(7(2)10)8-4-5-9(11-3)12-8/h4-7H,1-3H3. The monoisotopic (exact) mass is 204 g/mol. The van der Waals surface area contributed by atoms with Crippen LogP contribution in [0.1, 0.15) is 24.6 Å². The molecule has 1 aromatic rings. The van der Waals surface area contributed by atoms with E-state index in [-0.39, 0.29) is 5.38 Å². The van der Waals surface area contributed by atoms with Crippen molar-refractivity contribution in [2.24, 2.45) is 0 Å². The Labute approximate surface area is 82.3 Å². The minimum atomic E-state index is 0.174. The Kier molecular flexibility index (Phi) is 3.41. The Hall–Kier alpha value is -0.210. The summed E-state index contributed by atoms with van der Waals surface area (Å²) in [5.74, 6) is 0.403. The lowest BCUT2D eigenvalue weighted by Gasteiger charge is -2.10. The molecule has 2 atom stereocenters. The van der Waals surface area contributed by atoms with Crippen LogP contribution in [0.5, 0.6) is 5.06 Å². The third-order valence-corrected chi connectivity index (χ3v) is 3.57. The molecule has 0 N–H and O–H groups in total. The molecule has 0 fully saturated rings. The number of hydrogen-bond acceptors (Lipinski definition) is 2. The van der Waals surface area contributed by atoms with Crippen LogP contribution in [0, 0.1) is 0 Å². The van der Waals surface area contributed by atoms with Crippen LogP contribution in [0.25, 0.3) is 0 Å². The zero-order chi connectivity index (χ0) is 9.14. The average molecular weight is 205 g/mol. The Morgan fingerprint density at radius 3 is 2.50 bits per heavy atom. The fraction of sp³-hybridized carbons (Fsp3) is 0.556. The van der Waals surface area contributed by atoms with Gasteiger partial charge in [-0.1, -0.05) is 6.92 Å². The second kappa shape index (κ2) is 4.15. The van der Waals surface area contributed by atoms with E-state index in [1.807, 2.05) is 13.0 Å². The number of rotatable bonds is 3. The number of ether oxygens (including phenoxy) is 1. The molecule has 0 aliphatic heterocycles. The van der Waals surface area contributed by atoms with Gasteiger partial charge in [0.1, 0.15) is 0 Å². The van der Waals surface area contributed by atoms with Crippen molar-refractivity contribution in [2.45, 2.75) is 25.1 Å². The van der Waals surface area contributed by atoms with Crippen molar-refractivity contribution in [2.75, 3.05) is 7.11 Å². The molecule has 0 aliphatic rings. The Morgan fingerprint density at radius 2 is 2.08 bits per heavy atom. The summed E-state index contributed by atoms with van der Waals surface area (Å²) in [6.07, 6.45) is 0. The van der Waals surface area contributed by atoms with Crippen molar-refractivity contribution in [1.29, 1.82) is 0 Å². The molecule has 0 bridgehead atoms. The van der Waals surface area contributed by atoms with Crippen molar-refractivity contribution < 1.29 is 4.74 Å². The van der Waals surface area contributed by atoms with Gasteiger partial charge in [-0.15, -0.1) is 22.9 Å². The second-order valence-electron chi connectivity index (χ2n) is 2.83. The molecule has 0 radical (unpaired) electrons. The molecule has 0 aliphatic carbocycles. The summed E-state index contributed by atoms with van der Waals surface area (Å²) in [6, 6.07) is 4.06. The van der Waals surface area contributed by atoms with Crippen LogP contribution in [-0.2, 0) is 0 Å². The Balaban J connectivity index is 2.74. The lowest BCUT2D eigenvalue weighted by molar-refractivity contribution is 0.427. The fourth-order valence-corrected chi connectivity index (χ4v) is 2.10. The molecule has 1 rings (SSSR count). The first kappa shape index (κ1) is 9.87. The average Bonchev–Trinajstić information content (AvgIpc) is 2.50. The highest BCUT2D eigenvalue weighted by molar-refractivity contribution is 7.13. The molecular weight excluding hydrogens is 192 g/mol. The number of alkyl halides is 1. The summed E-state index contributed by atoms with van der Waals surface area (Å²) >= 11 is 7.64. The molecule has 0 saturated carbocycles. The van der Waals surface area contributed by atoms with Crippen molar-refractivity contribution in [3.05, 3.63) is 17.0 Å². The zero-order valence-electron chi connectivity index (χ0n) is 7.50. The van der Waals surface area contributed by atoms with Crippen molar-refractivity contribution in [3.63, 3.8) is 0 Å². The molecule has 0 spiro atoms. The fourth-order valence-electron chi connectivity index (χ4n) is 0.915. The first-order valence-corrected chi connectivity index (χ1v) is 5.18. The van der Waals surface area contributed by atoms with Gasteiger partial charge in [0.15, 0.2) is 5.06 Å². The van der Waals surface area contributed by atoms with Crippen LogP contribution < -0.4 is 4.74 Å². The van der Waals surface area contributed by atoms with E-state index in [0.29, 0.717) is 5.92 Å². The van der Waals surface area contributed by atoms with Gasteiger partial charge in [-0.2, -0.15) is 0 Å². The Bertz CT molecular complexity index is 244. The van der Waals surface area contributed by atoms with Gasteiger partial charge in [-0.25, -0.2) is 0 Å². The van der Waals surface area contributed by atoms with Crippen LogP contribution in [-0.4, -0.2) is 12.5 Å². The summed E-state index contributed by atoms with van der Waals surface area (Å²) in [4.78, 5) is 1.29. The topological polar surface area (TPSA) is 9.23 Å². The maximum atomic E-state index is 5.98. The summed E-state index contributed by atoms with van der Waals surface area (Å²) in [6.45, 7) is 4.14. The molecule has 1 aromatic heterocycles. The quantitative estimate of drug-likeness (QED) is 0.685. The lowest BCUT2D eigenvalue weighted by Crippen LogP contribution is -2.02. The van der Waals surface area contributed by atoms with Crippen LogP contribution >= 0.6 is 22.9 Å². The van der Waals surface area contributed by atoms with E-state index < -0.39 is 0 Å². The van der Waals surface area contributed by atoms with Crippen LogP contribution in [0.2, 0.25) is 0 Å². The minimum Gasteiger partial charge on any atom is -0.487 e. The van der Waals surface area contributed by atoms with Gasteiger partial charge >= 0.3 is 0 Å². The van der Waals surface area contributed by atoms with E-state index in [1.165, 1.54) is 4.88 Å². The summed E-state index contributed by atoms with van der Waals surface area (Å²) in [7, 11) is 1.68. The van der Waals surface area contributed by atoms with E-state index >= 15 is 0 Å². The van der Waals surface area contributed by atoms with Gasteiger partial charge < -0.3 is 4.74 Å². The smallest absolute Gasteiger partial charge is 0.173 e. The number of thiophene rings is 1. The first-order valence-electron chi connectivity index (χ1n) is 3.93. The van der Waals surface area contributed by atoms with Gasteiger partial charge in [-0.3, -0.25) is 0 Å². The summed E-state index contributed by atoms with van der Waals surface area (Å²) < 4.78 is 5.10. The first-order chi connectivity index (χ1) is 5.65. The number of hydrogen-bond donors (Lipinski definition) is 0.